The molecule has 0 heterocycles. The molecule has 10 heteroatoms. The van der Waals surface area contributed by atoms with Gasteiger partial charge in [0.1, 0.15) is 24.1 Å². The second-order valence-electron chi connectivity index (χ2n) is 9.58. The van der Waals surface area contributed by atoms with E-state index in [0.717, 1.165) is 21.9 Å². The predicted octanol–water partition coefficient (Wildman–Crippen LogP) is 4.54. The number of sulfonamides is 1. The van der Waals surface area contributed by atoms with Crippen LogP contribution in [-0.2, 0) is 26.2 Å². The molecule has 0 aliphatic rings. The lowest BCUT2D eigenvalue weighted by atomic mass is 10.1. The van der Waals surface area contributed by atoms with Gasteiger partial charge in [0.25, 0.3) is 10.0 Å². The second-order valence-corrected chi connectivity index (χ2v) is 11.4. The number of carbonyl (C=O) groups excluding carboxylic acids is 2. The number of carbonyl (C=O) groups is 2. The highest BCUT2D eigenvalue weighted by Gasteiger charge is 2.34. The van der Waals surface area contributed by atoms with E-state index < -0.39 is 28.5 Å². The average Bonchev–Trinajstić information content (AvgIpc) is 2.99. The Balaban J connectivity index is 2.08. The third-order valence-corrected chi connectivity index (χ3v) is 8.46. The normalized spacial score (nSPS) is 11.8. The summed E-state index contributed by atoms with van der Waals surface area (Å²) in [6.07, 6.45) is 1.09. The van der Waals surface area contributed by atoms with Crippen LogP contribution < -0.4 is 19.1 Å². The zero-order valence-corrected chi connectivity index (χ0v) is 25.1. The fraction of sp³-hybridized carbons (Fsp3) is 0.355. The van der Waals surface area contributed by atoms with E-state index in [9.17, 15) is 18.0 Å². The van der Waals surface area contributed by atoms with Crippen LogP contribution in [-0.4, -0.2) is 58.5 Å². The molecule has 0 radical (unpaired) electrons. The Labute approximate surface area is 243 Å². The van der Waals surface area contributed by atoms with Crippen LogP contribution >= 0.6 is 0 Å². The molecule has 2 amide bonds. The van der Waals surface area contributed by atoms with E-state index in [2.05, 4.69) is 5.32 Å². The Kier molecular flexibility index (Phi) is 11.2. The van der Waals surface area contributed by atoms with Gasteiger partial charge in [-0.05, 0) is 61.7 Å². The number of rotatable bonds is 14. The standard InChI is InChI=1S/C31H39N3O6S/c1-6-20-32-31(36)27(7-2)33(21-24-14-16-25(39-4)17-15-24)30(35)22-34(28-10-8-9-11-29(28)40-5)41(37,38)26-18-12-23(3)13-19-26/h8-19,27H,6-7,20-22H2,1-5H3,(H,32,36)/t27-/m1/s1. The maximum absolute atomic E-state index is 14.1. The number of ether oxygens (including phenoxy) is 2. The molecule has 0 spiro atoms. The number of benzene rings is 3. The molecule has 0 bridgehead atoms. The summed E-state index contributed by atoms with van der Waals surface area (Å²) in [7, 11) is -1.18. The van der Waals surface area contributed by atoms with E-state index in [0.29, 0.717) is 24.5 Å². The monoisotopic (exact) mass is 581 g/mol. The molecule has 9 nitrogen and oxygen atoms in total. The quantitative estimate of drug-likeness (QED) is 0.300. The molecule has 0 aliphatic carbocycles. The lowest BCUT2D eigenvalue weighted by molar-refractivity contribution is -0.140. The summed E-state index contributed by atoms with van der Waals surface area (Å²) in [5.74, 6) is 0.138. The van der Waals surface area contributed by atoms with Gasteiger partial charge in [-0.1, -0.05) is 55.8 Å². The smallest absolute Gasteiger partial charge is 0.264 e. The van der Waals surface area contributed by atoms with Gasteiger partial charge in [0.05, 0.1) is 24.8 Å². The summed E-state index contributed by atoms with van der Waals surface area (Å²) >= 11 is 0. The number of methoxy groups -OCH3 is 2. The molecule has 3 rings (SSSR count). The summed E-state index contributed by atoms with van der Waals surface area (Å²) in [6.45, 7) is 5.67. The van der Waals surface area contributed by atoms with Gasteiger partial charge in [0.2, 0.25) is 11.8 Å². The molecular formula is C31H39N3O6S. The maximum atomic E-state index is 14.1. The van der Waals surface area contributed by atoms with E-state index in [4.69, 9.17) is 9.47 Å². The molecule has 0 fully saturated rings. The summed E-state index contributed by atoms with van der Waals surface area (Å²) in [5.41, 5.74) is 1.89. The molecule has 220 valence electrons. The van der Waals surface area contributed by atoms with Crippen LogP contribution in [0.15, 0.2) is 77.7 Å². The summed E-state index contributed by atoms with van der Waals surface area (Å²) in [5, 5.41) is 2.88. The molecule has 0 aliphatic heterocycles. The van der Waals surface area contributed by atoms with Crippen molar-refractivity contribution in [3.63, 3.8) is 0 Å². The van der Waals surface area contributed by atoms with Crippen LogP contribution in [0.25, 0.3) is 0 Å². The van der Waals surface area contributed by atoms with E-state index in [-0.39, 0.29) is 23.0 Å². The van der Waals surface area contributed by atoms with Crippen molar-refractivity contribution in [2.45, 2.75) is 51.1 Å². The van der Waals surface area contributed by atoms with Crippen LogP contribution in [0.2, 0.25) is 0 Å². The van der Waals surface area contributed by atoms with Gasteiger partial charge in [0.15, 0.2) is 0 Å². The van der Waals surface area contributed by atoms with Crippen LogP contribution in [0.1, 0.15) is 37.8 Å². The second kappa shape index (κ2) is 14.5. The Bertz CT molecular complexity index is 1410. The Morgan fingerprint density at radius 1 is 0.902 bits per heavy atom. The van der Waals surface area contributed by atoms with Crippen molar-refractivity contribution in [2.24, 2.45) is 0 Å². The van der Waals surface area contributed by atoms with E-state index in [1.54, 1.807) is 55.6 Å². The minimum atomic E-state index is -4.19. The summed E-state index contributed by atoms with van der Waals surface area (Å²) in [4.78, 5) is 28.8. The predicted molar refractivity (Wildman–Crippen MR) is 160 cm³/mol. The molecule has 41 heavy (non-hydrogen) atoms. The third-order valence-electron chi connectivity index (χ3n) is 6.69. The molecule has 1 N–H and O–H groups in total. The van der Waals surface area contributed by atoms with Gasteiger partial charge < -0.3 is 19.7 Å². The lowest BCUT2D eigenvalue weighted by Gasteiger charge is -2.33. The number of hydrogen-bond acceptors (Lipinski definition) is 6. The first-order chi connectivity index (χ1) is 19.7. The first-order valence-corrected chi connectivity index (χ1v) is 15.0. The van der Waals surface area contributed by atoms with Crippen molar-refractivity contribution in [2.75, 3.05) is 31.6 Å². The Morgan fingerprint density at radius 2 is 1.56 bits per heavy atom. The minimum absolute atomic E-state index is 0.0382. The number of nitrogens with zero attached hydrogens (tertiary/aromatic N) is 2. The average molecular weight is 582 g/mol. The molecule has 0 unspecified atom stereocenters. The molecule has 3 aromatic carbocycles. The van der Waals surface area contributed by atoms with Crippen molar-refractivity contribution in [3.05, 3.63) is 83.9 Å². The lowest BCUT2D eigenvalue weighted by Crippen LogP contribution is -2.52. The first-order valence-electron chi connectivity index (χ1n) is 13.6. The minimum Gasteiger partial charge on any atom is -0.497 e. The van der Waals surface area contributed by atoms with E-state index in [1.165, 1.54) is 24.1 Å². The highest BCUT2D eigenvalue weighted by molar-refractivity contribution is 7.92. The molecule has 0 saturated heterocycles. The van der Waals surface area contributed by atoms with Crippen molar-refractivity contribution < 1.29 is 27.5 Å². The van der Waals surface area contributed by atoms with Gasteiger partial charge in [-0.15, -0.1) is 0 Å². The van der Waals surface area contributed by atoms with Crippen LogP contribution in [0.5, 0.6) is 11.5 Å². The summed E-state index contributed by atoms with van der Waals surface area (Å²) < 4.78 is 39.8. The number of hydrogen-bond donors (Lipinski definition) is 1. The zero-order valence-electron chi connectivity index (χ0n) is 24.3. The summed E-state index contributed by atoms with van der Waals surface area (Å²) in [6, 6.07) is 19.5. The fourth-order valence-electron chi connectivity index (χ4n) is 4.40. The molecule has 0 aromatic heterocycles. The number of amides is 2. The number of aryl methyl sites for hydroxylation is 1. The number of nitrogens with one attached hydrogen (secondary N) is 1. The largest absolute Gasteiger partial charge is 0.497 e. The van der Waals surface area contributed by atoms with Gasteiger partial charge in [0, 0.05) is 13.1 Å². The van der Waals surface area contributed by atoms with Gasteiger partial charge >= 0.3 is 0 Å². The van der Waals surface area contributed by atoms with Gasteiger partial charge in [-0.2, -0.15) is 0 Å². The topological polar surface area (TPSA) is 105 Å². The number of anilines is 1. The maximum Gasteiger partial charge on any atom is 0.264 e. The van der Waals surface area contributed by atoms with Crippen LogP contribution in [0.3, 0.4) is 0 Å². The molecule has 1 atom stereocenters. The van der Waals surface area contributed by atoms with Crippen LogP contribution in [0, 0.1) is 6.92 Å². The van der Waals surface area contributed by atoms with Gasteiger partial charge in [-0.3, -0.25) is 13.9 Å². The molecule has 0 saturated carbocycles. The van der Waals surface area contributed by atoms with E-state index in [1.807, 2.05) is 32.9 Å². The Morgan fingerprint density at radius 3 is 2.15 bits per heavy atom. The van der Waals surface area contributed by atoms with Gasteiger partial charge in [-0.25, -0.2) is 8.42 Å². The highest BCUT2D eigenvalue weighted by atomic mass is 32.2. The van der Waals surface area contributed by atoms with E-state index >= 15 is 0 Å². The number of para-hydroxylation sites is 2. The van der Waals surface area contributed by atoms with Crippen LogP contribution in [0.4, 0.5) is 5.69 Å². The molecular weight excluding hydrogens is 542 g/mol. The molecule has 3 aromatic rings. The van der Waals surface area contributed by atoms with Crippen molar-refractivity contribution >= 4 is 27.5 Å². The van der Waals surface area contributed by atoms with Crippen molar-refractivity contribution in [3.8, 4) is 11.5 Å². The SMILES string of the molecule is CCCNC(=O)[C@@H](CC)N(Cc1ccc(OC)cc1)C(=O)CN(c1ccccc1OC)S(=O)(=O)c1ccc(C)cc1. The highest BCUT2D eigenvalue weighted by Crippen LogP contribution is 2.32. The first kappa shape index (κ1) is 31.5. The van der Waals surface area contributed by atoms with Crippen molar-refractivity contribution in [1.82, 2.24) is 10.2 Å². The third kappa shape index (κ3) is 7.79. The zero-order chi connectivity index (χ0) is 30.0. The Hall–Kier alpha value is -4.05. The fourth-order valence-corrected chi connectivity index (χ4v) is 5.82. The van der Waals surface area contributed by atoms with Crippen molar-refractivity contribution in [1.29, 1.82) is 0 Å².